The van der Waals surface area contributed by atoms with Crippen LogP contribution in [-0.4, -0.2) is 51.1 Å². The molecule has 1 atom stereocenters. The maximum atomic E-state index is 12.1. The fourth-order valence-electron chi connectivity index (χ4n) is 3.51. The van der Waals surface area contributed by atoms with Crippen molar-refractivity contribution in [2.45, 2.75) is 65.7 Å². The predicted molar refractivity (Wildman–Crippen MR) is 129 cm³/mol. The molecule has 1 aromatic heterocycles. The van der Waals surface area contributed by atoms with Gasteiger partial charge in [-0.1, -0.05) is 63.8 Å². The van der Waals surface area contributed by atoms with E-state index in [0.29, 0.717) is 5.02 Å². The number of carbonyl (C=O) groups excluding carboxylic acids is 2. The number of aromatic nitrogens is 3. The van der Waals surface area contributed by atoms with Gasteiger partial charge in [-0.25, -0.2) is 0 Å². The zero-order valence-electron chi connectivity index (χ0n) is 19.5. The summed E-state index contributed by atoms with van der Waals surface area (Å²) in [4.78, 5) is 30.5. The van der Waals surface area contributed by atoms with Gasteiger partial charge in [0.1, 0.15) is 12.2 Å². The third-order valence-electron chi connectivity index (χ3n) is 5.42. The van der Waals surface area contributed by atoms with E-state index in [1.54, 1.807) is 18.2 Å². The number of hydrogen-bond donors (Lipinski definition) is 1. The van der Waals surface area contributed by atoms with Gasteiger partial charge in [-0.05, 0) is 63.0 Å². The molecule has 1 N–H and O–H groups in total. The van der Waals surface area contributed by atoms with Crippen molar-refractivity contribution in [1.82, 2.24) is 19.7 Å². The summed E-state index contributed by atoms with van der Waals surface area (Å²) in [5, 5.41) is 6.92. The molecule has 32 heavy (non-hydrogen) atoms. The first-order valence-electron chi connectivity index (χ1n) is 11.7. The van der Waals surface area contributed by atoms with Crippen LogP contribution < -0.4 is 5.32 Å². The second-order valence-electron chi connectivity index (χ2n) is 8.11. The third-order valence-corrected chi connectivity index (χ3v) is 5.65. The minimum Gasteiger partial charge on any atom is -0.303 e. The number of amides is 1. The summed E-state index contributed by atoms with van der Waals surface area (Å²) in [6, 6.07) is 7.08. The molecule has 0 saturated carbocycles. The first kappa shape index (κ1) is 26.0. The summed E-state index contributed by atoms with van der Waals surface area (Å²) in [6.45, 7) is 10.8. The van der Waals surface area contributed by atoms with Gasteiger partial charge >= 0.3 is 0 Å². The van der Waals surface area contributed by atoms with Crippen LogP contribution in [0.1, 0.15) is 69.7 Å². The van der Waals surface area contributed by atoms with Gasteiger partial charge in [0.25, 0.3) is 5.91 Å². The zero-order chi connectivity index (χ0) is 23.3. The largest absolute Gasteiger partial charge is 0.303 e. The SMILES string of the molecule is CCCCN(CCCC)CCCC.O=C1Nc2ncnn2C(=O)C1Cc1cccc(Cl)c1. The van der Waals surface area contributed by atoms with Crippen LogP contribution >= 0.6 is 11.6 Å². The lowest BCUT2D eigenvalue weighted by molar-refractivity contribution is -0.119. The van der Waals surface area contributed by atoms with Crippen LogP contribution in [0.5, 0.6) is 0 Å². The molecular formula is C24H36ClN5O2. The second kappa shape index (κ2) is 14.0. The number of nitrogens with zero attached hydrogens (tertiary/aromatic N) is 4. The van der Waals surface area contributed by atoms with Gasteiger partial charge in [0, 0.05) is 5.02 Å². The number of nitrogens with one attached hydrogen (secondary N) is 1. The van der Waals surface area contributed by atoms with Crippen LogP contribution in [0.15, 0.2) is 30.6 Å². The van der Waals surface area contributed by atoms with E-state index in [0.717, 1.165) is 10.2 Å². The smallest absolute Gasteiger partial charge is 0.263 e. The molecule has 1 unspecified atom stereocenters. The van der Waals surface area contributed by atoms with E-state index in [1.807, 2.05) is 6.07 Å². The molecule has 2 heterocycles. The highest BCUT2D eigenvalue weighted by molar-refractivity contribution is 6.30. The minimum atomic E-state index is -0.812. The number of unbranched alkanes of at least 4 members (excludes halogenated alkanes) is 3. The highest BCUT2D eigenvalue weighted by Crippen LogP contribution is 2.21. The Hall–Kier alpha value is -2.25. The molecule has 1 aliphatic rings. The van der Waals surface area contributed by atoms with Gasteiger partial charge in [0.05, 0.1) is 0 Å². The molecule has 1 aliphatic heterocycles. The minimum absolute atomic E-state index is 0.164. The molecule has 0 fully saturated rings. The maximum Gasteiger partial charge on any atom is 0.263 e. The van der Waals surface area contributed by atoms with E-state index >= 15 is 0 Å². The van der Waals surface area contributed by atoms with Gasteiger partial charge in [-0.2, -0.15) is 14.8 Å². The Bertz CT molecular complexity index is 835. The standard InChI is InChI=1S/C12H9ClN4O2.C12H27N/c13-8-3-1-2-7(4-8)5-9-10(18)16-12-14-6-15-17(12)11(9)19;1-4-7-10-13(11-8-5-2)12-9-6-3/h1-4,6,9H,5H2,(H,14,15,16,18);4-12H2,1-3H3. The maximum absolute atomic E-state index is 12.1. The lowest BCUT2D eigenvalue weighted by Crippen LogP contribution is -2.41. The Morgan fingerprint density at radius 3 is 2.22 bits per heavy atom. The van der Waals surface area contributed by atoms with Crippen LogP contribution in [0, 0.1) is 5.92 Å². The molecule has 1 amide bonds. The molecule has 3 rings (SSSR count). The van der Waals surface area contributed by atoms with E-state index in [4.69, 9.17) is 11.6 Å². The fraction of sp³-hybridized carbons (Fsp3) is 0.583. The van der Waals surface area contributed by atoms with E-state index in [-0.39, 0.29) is 24.2 Å². The molecule has 0 aliphatic carbocycles. The second-order valence-corrected chi connectivity index (χ2v) is 8.55. The van der Waals surface area contributed by atoms with Gasteiger partial charge < -0.3 is 4.90 Å². The summed E-state index contributed by atoms with van der Waals surface area (Å²) in [5.74, 6) is -1.40. The van der Waals surface area contributed by atoms with Crippen molar-refractivity contribution in [3.05, 3.63) is 41.2 Å². The summed E-state index contributed by atoms with van der Waals surface area (Å²) in [5.41, 5.74) is 0.824. The number of fused-ring (bicyclic) bond motifs is 1. The van der Waals surface area contributed by atoms with Crippen LogP contribution in [0.25, 0.3) is 0 Å². The van der Waals surface area contributed by atoms with Crippen LogP contribution in [0.4, 0.5) is 5.95 Å². The van der Waals surface area contributed by atoms with Crippen molar-refractivity contribution < 1.29 is 9.59 Å². The zero-order valence-corrected chi connectivity index (χ0v) is 20.3. The Labute approximate surface area is 196 Å². The number of rotatable bonds is 11. The predicted octanol–water partition coefficient (Wildman–Crippen LogP) is 5.07. The average molecular weight is 462 g/mol. The van der Waals surface area contributed by atoms with Crippen molar-refractivity contribution in [1.29, 1.82) is 0 Å². The van der Waals surface area contributed by atoms with Crippen molar-refractivity contribution in [3.8, 4) is 0 Å². The normalized spacial score (nSPS) is 15.2. The molecule has 7 nitrogen and oxygen atoms in total. The highest BCUT2D eigenvalue weighted by Gasteiger charge is 2.35. The van der Waals surface area contributed by atoms with Gasteiger partial charge in [-0.15, -0.1) is 0 Å². The first-order chi connectivity index (χ1) is 15.5. The van der Waals surface area contributed by atoms with Crippen LogP contribution in [0.2, 0.25) is 5.02 Å². The summed E-state index contributed by atoms with van der Waals surface area (Å²) >= 11 is 5.89. The first-order valence-corrected chi connectivity index (χ1v) is 12.1. The molecule has 2 aromatic rings. The van der Waals surface area contributed by atoms with Crippen molar-refractivity contribution in [2.24, 2.45) is 5.92 Å². The van der Waals surface area contributed by atoms with Gasteiger partial charge in [-0.3, -0.25) is 14.9 Å². The molecule has 0 bridgehead atoms. The summed E-state index contributed by atoms with van der Waals surface area (Å²) < 4.78 is 1.11. The molecule has 1 aromatic carbocycles. The number of carbonyl (C=O) groups is 2. The third kappa shape index (κ3) is 8.02. The van der Waals surface area contributed by atoms with Crippen molar-refractivity contribution >= 4 is 29.4 Å². The Balaban J connectivity index is 0.000000247. The summed E-state index contributed by atoms with van der Waals surface area (Å²) in [7, 11) is 0. The Morgan fingerprint density at radius 2 is 1.66 bits per heavy atom. The summed E-state index contributed by atoms with van der Waals surface area (Å²) in [6.07, 6.45) is 9.60. The van der Waals surface area contributed by atoms with Crippen LogP contribution in [-0.2, 0) is 11.2 Å². The van der Waals surface area contributed by atoms with Crippen molar-refractivity contribution in [2.75, 3.05) is 25.0 Å². The fourth-order valence-corrected chi connectivity index (χ4v) is 3.72. The topological polar surface area (TPSA) is 80.1 Å². The van der Waals surface area contributed by atoms with E-state index in [9.17, 15) is 9.59 Å². The quantitative estimate of drug-likeness (QED) is 0.472. The average Bonchev–Trinajstić information content (AvgIpc) is 3.25. The van der Waals surface area contributed by atoms with E-state index < -0.39 is 5.92 Å². The van der Waals surface area contributed by atoms with Crippen LogP contribution in [0.3, 0.4) is 0 Å². The molecule has 0 radical (unpaired) electrons. The molecule has 0 spiro atoms. The number of benzene rings is 1. The molecule has 8 heteroatoms. The highest BCUT2D eigenvalue weighted by atomic mass is 35.5. The Kier molecular flexibility index (Phi) is 11.4. The van der Waals surface area contributed by atoms with Gasteiger partial charge in [0.2, 0.25) is 11.9 Å². The Morgan fingerprint density at radius 1 is 1.03 bits per heavy atom. The lowest BCUT2D eigenvalue weighted by Gasteiger charge is -2.21. The molecular weight excluding hydrogens is 426 g/mol. The van der Waals surface area contributed by atoms with E-state index in [2.05, 4.69) is 41.1 Å². The molecule has 0 saturated heterocycles. The number of hydrogen-bond acceptors (Lipinski definition) is 5. The lowest BCUT2D eigenvalue weighted by atomic mass is 9.97. The monoisotopic (exact) mass is 461 g/mol. The van der Waals surface area contributed by atoms with Gasteiger partial charge in [0.15, 0.2) is 0 Å². The number of anilines is 1. The molecule has 176 valence electrons. The van der Waals surface area contributed by atoms with Crippen molar-refractivity contribution in [3.63, 3.8) is 0 Å². The number of halogens is 1. The van der Waals surface area contributed by atoms with E-state index in [1.165, 1.54) is 64.5 Å².